The number of nitrogens with two attached hydrogens (primary N) is 1. The molecule has 6 nitrogen and oxygen atoms in total. The standard InChI is InChI=1S/C19H20N2O4/c20-18(22)13-7-9-14(10-8-13)21-19(23)16-5-1-2-6-17(16)25-12-15-4-3-11-24-15/h1-2,5-10,15H,3-4,11-12H2,(H2,20,22)(H,21,23)/t15-/m1/s1. The number of rotatable bonds is 6. The zero-order chi connectivity index (χ0) is 17.6. The molecule has 6 heteroatoms. The normalized spacial score (nSPS) is 16.4. The molecule has 1 saturated heterocycles. The van der Waals surface area contributed by atoms with Crippen molar-refractivity contribution in [3.05, 3.63) is 59.7 Å². The predicted molar refractivity (Wildman–Crippen MR) is 93.8 cm³/mol. The van der Waals surface area contributed by atoms with Gasteiger partial charge in [0.1, 0.15) is 12.4 Å². The molecule has 1 aliphatic heterocycles. The van der Waals surface area contributed by atoms with Crippen molar-refractivity contribution in [2.45, 2.75) is 18.9 Å². The maximum Gasteiger partial charge on any atom is 0.259 e. The minimum Gasteiger partial charge on any atom is -0.490 e. The van der Waals surface area contributed by atoms with Crippen LogP contribution in [0.2, 0.25) is 0 Å². The Morgan fingerprint density at radius 3 is 2.60 bits per heavy atom. The van der Waals surface area contributed by atoms with Gasteiger partial charge in [-0.05, 0) is 49.2 Å². The van der Waals surface area contributed by atoms with Crippen LogP contribution < -0.4 is 15.8 Å². The van der Waals surface area contributed by atoms with Crippen molar-refractivity contribution >= 4 is 17.5 Å². The van der Waals surface area contributed by atoms with Gasteiger partial charge in [0, 0.05) is 17.9 Å². The van der Waals surface area contributed by atoms with Gasteiger partial charge in [-0.25, -0.2) is 0 Å². The van der Waals surface area contributed by atoms with Gasteiger partial charge in [0.15, 0.2) is 0 Å². The van der Waals surface area contributed by atoms with Crippen LogP contribution in [0.15, 0.2) is 48.5 Å². The first-order valence-corrected chi connectivity index (χ1v) is 8.18. The largest absolute Gasteiger partial charge is 0.490 e. The molecule has 1 atom stereocenters. The van der Waals surface area contributed by atoms with E-state index < -0.39 is 5.91 Å². The molecule has 0 unspecified atom stereocenters. The van der Waals surface area contributed by atoms with E-state index in [1.54, 1.807) is 42.5 Å². The van der Waals surface area contributed by atoms with Crippen molar-refractivity contribution in [3.63, 3.8) is 0 Å². The van der Waals surface area contributed by atoms with Gasteiger partial charge < -0.3 is 20.5 Å². The van der Waals surface area contributed by atoms with Crippen LogP contribution in [-0.4, -0.2) is 31.1 Å². The Kier molecular flexibility index (Phi) is 5.30. The molecule has 3 N–H and O–H groups in total. The number of para-hydroxylation sites is 1. The summed E-state index contributed by atoms with van der Waals surface area (Å²) in [5, 5.41) is 2.79. The van der Waals surface area contributed by atoms with Gasteiger partial charge in [-0.15, -0.1) is 0 Å². The number of hydrogen-bond donors (Lipinski definition) is 2. The Hall–Kier alpha value is -2.86. The highest BCUT2D eigenvalue weighted by atomic mass is 16.5. The first-order valence-electron chi connectivity index (χ1n) is 8.18. The van der Waals surface area contributed by atoms with Crippen LogP contribution >= 0.6 is 0 Å². The summed E-state index contributed by atoms with van der Waals surface area (Å²) in [6.45, 7) is 1.19. The van der Waals surface area contributed by atoms with Crippen LogP contribution in [0.3, 0.4) is 0 Å². The molecule has 2 amide bonds. The minimum absolute atomic E-state index is 0.0810. The summed E-state index contributed by atoms with van der Waals surface area (Å²) in [6, 6.07) is 13.5. The molecule has 1 heterocycles. The van der Waals surface area contributed by atoms with Crippen molar-refractivity contribution < 1.29 is 19.1 Å². The van der Waals surface area contributed by atoms with Crippen molar-refractivity contribution in [1.29, 1.82) is 0 Å². The van der Waals surface area contributed by atoms with E-state index in [0.717, 1.165) is 19.4 Å². The summed E-state index contributed by atoms with van der Waals surface area (Å²) in [7, 11) is 0. The van der Waals surface area contributed by atoms with Crippen LogP contribution in [0.1, 0.15) is 33.6 Å². The van der Waals surface area contributed by atoms with E-state index in [0.29, 0.717) is 29.2 Å². The first kappa shape index (κ1) is 17.0. The van der Waals surface area contributed by atoms with Crippen molar-refractivity contribution in [3.8, 4) is 5.75 Å². The third-order valence-electron chi connectivity index (χ3n) is 4.01. The third kappa shape index (κ3) is 4.36. The van der Waals surface area contributed by atoms with Crippen LogP contribution in [0, 0.1) is 0 Å². The van der Waals surface area contributed by atoms with E-state index in [1.165, 1.54) is 0 Å². The zero-order valence-electron chi connectivity index (χ0n) is 13.7. The number of benzene rings is 2. The highest BCUT2D eigenvalue weighted by molar-refractivity contribution is 6.06. The molecule has 3 rings (SSSR count). The summed E-state index contributed by atoms with van der Waals surface area (Å²) in [4.78, 5) is 23.6. The topological polar surface area (TPSA) is 90.7 Å². The molecule has 0 saturated carbocycles. The van der Waals surface area contributed by atoms with E-state index in [4.69, 9.17) is 15.2 Å². The number of hydrogen-bond acceptors (Lipinski definition) is 4. The van der Waals surface area contributed by atoms with Crippen molar-refractivity contribution in [2.75, 3.05) is 18.5 Å². The molecule has 25 heavy (non-hydrogen) atoms. The molecule has 1 fully saturated rings. The Labute approximate surface area is 145 Å². The number of nitrogens with one attached hydrogen (secondary N) is 1. The number of ether oxygens (including phenoxy) is 2. The highest BCUT2D eigenvalue weighted by Gasteiger charge is 2.18. The van der Waals surface area contributed by atoms with Crippen LogP contribution in [0.4, 0.5) is 5.69 Å². The van der Waals surface area contributed by atoms with Gasteiger partial charge in [0.2, 0.25) is 5.91 Å². The average Bonchev–Trinajstić information content (AvgIpc) is 3.14. The molecule has 0 radical (unpaired) electrons. The molecule has 0 spiro atoms. The third-order valence-corrected chi connectivity index (χ3v) is 4.01. The molecule has 2 aromatic rings. The fourth-order valence-corrected chi connectivity index (χ4v) is 2.65. The lowest BCUT2D eigenvalue weighted by Crippen LogP contribution is -2.19. The van der Waals surface area contributed by atoms with E-state index in [1.807, 2.05) is 6.07 Å². The fourth-order valence-electron chi connectivity index (χ4n) is 2.65. The summed E-state index contributed by atoms with van der Waals surface area (Å²) < 4.78 is 11.3. The number of carbonyl (C=O) groups is 2. The average molecular weight is 340 g/mol. The summed E-state index contributed by atoms with van der Waals surface area (Å²) >= 11 is 0. The summed E-state index contributed by atoms with van der Waals surface area (Å²) in [5.41, 5.74) is 6.61. The fraction of sp³-hybridized carbons (Fsp3) is 0.263. The van der Waals surface area contributed by atoms with Gasteiger partial charge in [0.05, 0.1) is 11.7 Å². The lowest BCUT2D eigenvalue weighted by Gasteiger charge is -2.14. The molecular weight excluding hydrogens is 320 g/mol. The van der Waals surface area contributed by atoms with Crippen LogP contribution in [0.5, 0.6) is 5.75 Å². The molecule has 0 aromatic heterocycles. The Bertz CT molecular complexity index is 752. The van der Waals surface area contributed by atoms with E-state index in [9.17, 15) is 9.59 Å². The molecular formula is C19H20N2O4. The number of carbonyl (C=O) groups excluding carboxylic acids is 2. The quantitative estimate of drug-likeness (QED) is 0.846. The molecule has 0 bridgehead atoms. The van der Waals surface area contributed by atoms with Crippen LogP contribution in [0.25, 0.3) is 0 Å². The highest BCUT2D eigenvalue weighted by Crippen LogP contribution is 2.22. The number of amides is 2. The van der Waals surface area contributed by atoms with Crippen molar-refractivity contribution in [2.24, 2.45) is 5.73 Å². The first-order chi connectivity index (χ1) is 12.1. The van der Waals surface area contributed by atoms with Gasteiger partial charge >= 0.3 is 0 Å². The number of primary amides is 1. The Morgan fingerprint density at radius 1 is 1.16 bits per heavy atom. The molecule has 0 aliphatic carbocycles. The second kappa shape index (κ2) is 7.81. The summed E-state index contributed by atoms with van der Waals surface area (Å²) in [5.74, 6) is -0.273. The number of anilines is 1. The van der Waals surface area contributed by atoms with E-state index >= 15 is 0 Å². The predicted octanol–water partition coefficient (Wildman–Crippen LogP) is 2.60. The van der Waals surface area contributed by atoms with Crippen LogP contribution in [-0.2, 0) is 4.74 Å². The van der Waals surface area contributed by atoms with Gasteiger partial charge in [0.25, 0.3) is 5.91 Å². The Morgan fingerprint density at radius 2 is 1.92 bits per heavy atom. The monoisotopic (exact) mass is 340 g/mol. The maximum absolute atomic E-state index is 12.5. The lowest BCUT2D eigenvalue weighted by molar-refractivity contribution is 0.0673. The second-order valence-electron chi connectivity index (χ2n) is 5.84. The summed E-state index contributed by atoms with van der Waals surface area (Å²) in [6.07, 6.45) is 2.09. The molecule has 2 aromatic carbocycles. The molecule has 1 aliphatic rings. The minimum atomic E-state index is -0.509. The van der Waals surface area contributed by atoms with Gasteiger partial charge in [-0.3, -0.25) is 9.59 Å². The smallest absolute Gasteiger partial charge is 0.259 e. The van der Waals surface area contributed by atoms with E-state index in [2.05, 4.69) is 5.32 Å². The van der Waals surface area contributed by atoms with Gasteiger partial charge in [-0.2, -0.15) is 0 Å². The SMILES string of the molecule is NC(=O)c1ccc(NC(=O)c2ccccc2OC[C@H]2CCCO2)cc1. The maximum atomic E-state index is 12.5. The lowest BCUT2D eigenvalue weighted by atomic mass is 10.1. The van der Waals surface area contributed by atoms with Crippen molar-refractivity contribution in [1.82, 2.24) is 0 Å². The van der Waals surface area contributed by atoms with E-state index in [-0.39, 0.29) is 12.0 Å². The Balaban J connectivity index is 1.67. The second-order valence-corrected chi connectivity index (χ2v) is 5.84. The molecule has 130 valence electrons. The van der Waals surface area contributed by atoms with Gasteiger partial charge in [-0.1, -0.05) is 12.1 Å². The zero-order valence-corrected chi connectivity index (χ0v) is 13.7.